The molecule has 0 heterocycles. The van der Waals surface area contributed by atoms with Gasteiger partial charge < -0.3 is 10.8 Å². The van der Waals surface area contributed by atoms with Crippen LogP contribution in [0, 0.1) is 17.7 Å². The number of hydrogen-bond donors (Lipinski definition) is 3. The third-order valence-corrected chi connectivity index (χ3v) is 3.52. The van der Waals surface area contributed by atoms with Crippen LogP contribution in [0.1, 0.15) is 38.7 Å². The van der Waals surface area contributed by atoms with E-state index in [9.17, 15) is 9.50 Å². The monoisotopic (exact) mass is 293 g/mol. The van der Waals surface area contributed by atoms with E-state index in [0.29, 0.717) is 25.7 Å². The SMILES string of the molecule is CC(C)(F)CCC(CC(O)[CH]Cc1ccccc1)C(=N)N. The highest BCUT2D eigenvalue weighted by Crippen LogP contribution is 2.23. The predicted molar refractivity (Wildman–Crippen MR) is 84.9 cm³/mol. The van der Waals surface area contributed by atoms with Gasteiger partial charge >= 0.3 is 0 Å². The molecule has 4 N–H and O–H groups in total. The second-order valence-electron chi connectivity index (χ2n) is 6.14. The molecule has 0 spiro atoms. The van der Waals surface area contributed by atoms with Crippen LogP contribution in [0.15, 0.2) is 30.3 Å². The zero-order valence-corrected chi connectivity index (χ0v) is 12.8. The topological polar surface area (TPSA) is 70.1 Å². The molecule has 0 fully saturated rings. The van der Waals surface area contributed by atoms with E-state index < -0.39 is 11.8 Å². The molecular formula is C17H26FN2O. The highest BCUT2D eigenvalue weighted by Gasteiger charge is 2.22. The van der Waals surface area contributed by atoms with Crippen LogP contribution in [0.4, 0.5) is 4.39 Å². The molecule has 4 heteroatoms. The molecule has 0 aliphatic heterocycles. The Morgan fingerprint density at radius 1 is 1.38 bits per heavy atom. The van der Waals surface area contributed by atoms with Gasteiger partial charge in [0, 0.05) is 5.92 Å². The second-order valence-corrected chi connectivity index (χ2v) is 6.14. The molecule has 1 aromatic carbocycles. The summed E-state index contributed by atoms with van der Waals surface area (Å²) >= 11 is 0. The lowest BCUT2D eigenvalue weighted by molar-refractivity contribution is 0.161. The first-order valence-corrected chi connectivity index (χ1v) is 7.36. The number of aliphatic hydroxyl groups is 1. The number of amidine groups is 1. The normalized spacial score (nSPS) is 14.7. The van der Waals surface area contributed by atoms with Gasteiger partial charge in [-0.15, -0.1) is 0 Å². The summed E-state index contributed by atoms with van der Waals surface area (Å²) in [5.74, 6) is -0.256. The maximum absolute atomic E-state index is 13.5. The Kier molecular flexibility index (Phi) is 6.82. The van der Waals surface area contributed by atoms with Crippen molar-refractivity contribution >= 4 is 5.84 Å². The fraction of sp³-hybridized carbons (Fsp3) is 0.529. The number of benzene rings is 1. The molecule has 0 saturated heterocycles. The maximum atomic E-state index is 13.5. The molecule has 0 aromatic heterocycles. The van der Waals surface area contributed by atoms with Gasteiger partial charge in [-0.1, -0.05) is 30.3 Å². The molecule has 21 heavy (non-hydrogen) atoms. The Morgan fingerprint density at radius 2 is 2.00 bits per heavy atom. The molecule has 1 rings (SSSR count). The summed E-state index contributed by atoms with van der Waals surface area (Å²) in [6.07, 6.45) is 3.03. The molecule has 1 aromatic rings. The average molecular weight is 293 g/mol. The van der Waals surface area contributed by atoms with Crippen molar-refractivity contribution in [3.8, 4) is 0 Å². The number of rotatable bonds is 9. The maximum Gasteiger partial charge on any atom is 0.105 e. The first-order valence-electron chi connectivity index (χ1n) is 7.36. The van der Waals surface area contributed by atoms with Crippen LogP contribution in [0.5, 0.6) is 0 Å². The molecular weight excluding hydrogens is 267 g/mol. The van der Waals surface area contributed by atoms with Crippen LogP contribution in [0.25, 0.3) is 0 Å². The van der Waals surface area contributed by atoms with E-state index >= 15 is 0 Å². The van der Waals surface area contributed by atoms with Crippen molar-refractivity contribution in [3.05, 3.63) is 42.3 Å². The van der Waals surface area contributed by atoms with Crippen LogP contribution in [-0.2, 0) is 6.42 Å². The molecule has 117 valence electrons. The van der Waals surface area contributed by atoms with Crippen LogP contribution in [0.2, 0.25) is 0 Å². The molecule has 3 nitrogen and oxygen atoms in total. The standard InChI is InChI=1S/C17H26FN2O/c1-17(2,18)11-10-14(16(19)20)12-15(21)9-8-13-6-4-3-5-7-13/h3-7,9,14-15,21H,8,10-12H2,1-2H3,(H3,19,20). The Hall–Kier alpha value is -1.42. The number of nitrogens with one attached hydrogen (secondary N) is 1. The van der Waals surface area contributed by atoms with Crippen molar-refractivity contribution in [2.24, 2.45) is 11.7 Å². The first kappa shape index (κ1) is 17.6. The summed E-state index contributed by atoms with van der Waals surface area (Å²) in [7, 11) is 0. The number of hydrogen-bond acceptors (Lipinski definition) is 2. The fourth-order valence-corrected chi connectivity index (χ4v) is 2.19. The van der Waals surface area contributed by atoms with Crippen molar-refractivity contribution in [3.63, 3.8) is 0 Å². The average Bonchev–Trinajstić information content (AvgIpc) is 2.41. The van der Waals surface area contributed by atoms with Gasteiger partial charge in [0.1, 0.15) is 5.67 Å². The van der Waals surface area contributed by atoms with E-state index in [4.69, 9.17) is 11.1 Å². The highest BCUT2D eigenvalue weighted by atomic mass is 19.1. The van der Waals surface area contributed by atoms with Crippen molar-refractivity contribution in [2.45, 2.75) is 51.3 Å². The molecule has 2 atom stereocenters. The smallest absolute Gasteiger partial charge is 0.105 e. The van der Waals surface area contributed by atoms with Crippen LogP contribution >= 0.6 is 0 Å². The summed E-state index contributed by atoms with van der Waals surface area (Å²) in [5, 5.41) is 17.6. The Morgan fingerprint density at radius 3 is 2.52 bits per heavy atom. The number of halogens is 1. The van der Waals surface area contributed by atoms with E-state index in [1.807, 2.05) is 36.8 Å². The highest BCUT2D eigenvalue weighted by molar-refractivity contribution is 5.79. The predicted octanol–water partition coefficient (Wildman–Crippen LogP) is 3.26. The third kappa shape index (κ3) is 7.81. The minimum absolute atomic E-state index is 0.0198. The lowest BCUT2D eigenvalue weighted by Crippen LogP contribution is -2.28. The molecule has 2 unspecified atom stereocenters. The Balaban J connectivity index is 2.41. The molecule has 0 saturated carbocycles. The van der Waals surface area contributed by atoms with E-state index in [2.05, 4.69) is 0 Å². The van der Waals surface area contributed by atoms with Gasteiger partial charge in [0.25, 0.3) is 0 Å². The quantitative estimate of drug-likeness (QED) is 0.483. The van der Waals surface area contributed by atoms with Gasteiger partial charge in [0.05, 0.1) is 11.9 Å². The van der Waals surface area contributed by atoms with Gasteiger partial charge in [0.15, 0.2) is 0 Å². The second kappa shape index (κ2) is 8.13. The molecule has 1 radical (unpaired) electrons. The molecule has 0 aliphatic carbocycles. The fourth-order valence-electron chi connectivity index (χ4n) is 2.19. The Labute approximate surface area is 126 Å². The number of aliphatic hydroxyl groups excluding tert-OH is 1. The molecule has 0 bridgehead atoms. The van der Waals surface area contributed by atoms with Crippen molar-refractivity contribution < 1.29 is 9.50 Å². The molecule has 0 aliphatic rings. The zero-order chi connectivity index (χ0) is 15.9. The zero-order valence-electron chi connectivity index (χ0n) is 12.8. The Bertz CT molecular complexity index is 428. The minimum atomic E-state index is -1.27. The van der Waals surface area contributed by atoms with Crippen molar-refractivity contribution in [2.75, 3.05) is 0 Å². The first-order chi connectivity index (χ1) is 9.78. The van der Waals surface area contributed by atoms with E-state index in [1.54, 1.807) is 0 Å². The van der Waals surface area contributed by atoms with E-state index in [1.165, 1.54) is 13.8 Å². The van der Waals surface area contributed by atoms with Gasteiger partial charge in [-0.05, 0) is 51.5 Å². The van der Waals surface area contributed by atoms with Gasteiger partial charge in [0.2, 0.25) is 0 Å². The van der Waals surface area contributed by atoms with Gasteiger partial charge in [-0.25, -0.2) is 4.39 Å². The summed E-state index contributed by atoms with van der Waals surface area (Å²) in [4.78, 5) is 0. The van der Waals surface area contributed by atoms with Crippen LogP contribution in [0.3, 0.4) is 0 Å². The summed E-state index contributed by atoms with van der Waals surface area (Å²) < 4.78 is 13.5. The minimum Gasteiger partial charge on any atom is -0.393 e. The van der Waals surface area contributed by atoms with Gasteiger partial charge in [-0.3, -0.25) is 5.41 Å². The van der Waals surface area contributed by atoms with Crippen LogP contribution < -0.4 is 5.73 Å². The van der Waals surface area contributed by atoms with Gasteiger partial charge in [-0.2, -0.15) is 0 Å². The lowest BCUT2D eigenvalue weighted by atomic mass is 9.89. The van der Waals surface area contributed by atoms with Crippen LogP contribution in [-0.4, -0.2) is 22.7 Å². The number of nitrogens with two attached hydrogens (primary N) is 1. The van der Waals surface area contributed by atoms with E-state index in [-0.39, 0.29) is 11.8 Å². The number of alkyl halides is 1. The lowest BCUT2D eigenvalue weighted by Gasteiger charge is -2.22. The summed E-state index contributed by atoms with van der Waals surface area (Å²) in [6.45, 7) is 3.03. The summed E-state index contributed by atoms with van der Waals surface area (Å²) in [5.41, 5.74) is 5.41. The third-order valence-electron chi connectivity index (χ3n) is 3.52. The van der Waals surface area contributed by atoms with E-state index in [0.717, 1.165) is 5.56 Å². The summed E-state index contributed by atoms with van der Waals surface area (Å²) in [6, 6.07) is 9.85. The molecule has 0 amide bonds. The van der Waals surface area contributed by atoms with Crippen molar-refractivity contribution in [1.82, 2.24) is 0 Å². The largest absolute Gasteiger partial charge is 0.393 e. The van der Waals surface area contributed by atoms with Crippen molar-refractivity contribution in [1.29, 1.82) is 5.41 Å².